The molecule has 1 saturated heterocycles. The van der Waals surface area contributed by atoms with Crippen molar-refractivity contribution in [2.24, 2.45) is 10.9 Å². The van der Waals surface area contributed by atoms with Crippen LogP contribution < -0.4 is 10.6 Å². The number of likely N-dealkylation sites (tertiary alicyclic amines) is 1. The van der Waals surface area contributed by atoms with Crippen LogP contribution in [0.3, 0.4) is 0 Å². The predicted octanol–water partition coefficient (Wildman–Crippen LogP) is 3.16. The molecule has 0 radical (unpaired) electrons. The Hall–Kier alpha value is -0.940. The van der Waals surface area contributed by atoms with E-state index in [1.54, 1.807) is 7.05 Å². The lowest BCUT2D eigenvalue weighted by Gasteiger charge is -2.43. The van der Waals surface area contributed by atoms with Crippen molar-refractivity contribution in [3.8, 4) is 0 Å². The van der Waals surface area contributed by atoms with Crippen LogP contribution in [-0.2, 0) is 22.1 Å². The van der Waals surface area contributed by atoms with Gasteiger partial charge in [0.05, 0.1) is 5.75 Å². The third-order valence-corrected chi connectivity index (χ3v) is 6.29. The molecule has 1 atom stereocenters. The van der Waals surface area contributed by atoms with Gasteiger partial charge >= 0.3 is 0 Å². The highest BCUT2D eigenvalue weighted by atomic mass is 127. The van der Waals surface area contributed by atoms with E-state index in [0.717, 1.165) is 19.6 Å². The number of nitrogens with one attached hydrogen (secondary N) is 2. The molecule has 1 aliphatic heterocycles. The number of benzene rings is 1. The highest BCUT2D eigenvalue weighted by molar-refractivity contribution is 14.0. The quantitative estimate of drug-likeness (QED) is 0.308. The summed E-state index contributed by atoms with van der Waals surface area (Å²) in [4.78, 5) is 6.77. The van der Waals surface area contributed by atoms with Crippen LogP contribution in [0, 0.1) is 11.7 Å². The van der Waals surface area contributed by atoms with Gasteiger partial charge in [0.2, 0.25) is 0 Å². The maximum absolute atomic E-state index is 13.7. The molecule has 1 aromatic rings. The van der Waals surface area contributed by atoms with E-state index in [-0.39, 0.29) is 41.1 Å². The second-order valence-electron chi connectivity index (χ2n) is 8.77. The van der Waals surface area contributed by atoms with Gasteiger partial charge in [-0.3, -0.25) is 9.89 Å². The van der Waals surface area contributed by atoms with Gasteiger partial charge in [0.15, 0.2) is 15.8 Å². The molecule has 0 bridgehead atoms. The molecule has 1 heterocycles. The first-order valence-corrected chi connectivity index (χ1v) is 12.2. The summed E-state index contributed by atoms with van der Waals surface area (Å²) in [5, 5.41) is 6.54. The summed E-state index contributed by atoms with van der Waals surface area (Å²) in [5.41, 5.74) is 1.19. The van der Waals surface area contributed by atoms with Gasteiger partial charge < -0.3 is 10.6 Å². The van der Waals surface area contributed by atoms with Crippen LogP contribution in [0.15, 0.2) is 23.2 Å². The molecular weight excluding hydrogens is 518 g/mol. The summed E-state index contributed by atoms with van der Waals surface area (Å²) in [6.07, 6.45) is 3.69. The highest BCUT2D eigenvalue weighted by Crippen LogP contribution is 2.23. The number of sulfone groups is 1. The Labute approximate surface area is 198 Å². The van der Waals surface area contributed by atoms with E-state index in [1.807, 2.05) is 0 Å². The topological polar surface area (TPSA) is 73.8 Å². The van der Waals surface area contributed by atoms with E-state index < -0.39 is 9.84 Å². The summed E-state index contributed by atoms with van der Waals surface area (Å²) in [6.45, 7) is 9.96. The molecule has 9 heteroatoms. The van der Waals surface area contributed by atoms with Crippen LogP contribution in [0.5, 0.6) is 0 Å². The Morgan fingerprint density at radius 3 is 2.60 bits per heavy atom. The van der Waals surface area contributed by atoms with Crippen molar-refractivity contribution in [3.05, 3.63) is 35.1 Å². The number of hydrogen-bond donors (Lipinski definition) is 2. The van der Waals surface area contributed by atoms with Crippen molar-refractivity contribution >= 4 is 39.8 Å². The van der Waals surface area contributed by atoms with Crippen molar-refractivity contribution in [1.82, 2.24) is 15.5 Å². The number of rotatable bonds is 7. The van der Waals surface area contributed by atoms with E-state index in [0.29, 0.717) is 29.5 Å². The van der Waals surface area contributed by atoms with Gasteiger partial charge in [-0.05, 0) is 62.4 Å². The van der Waals surface area contributed by atoms with Crippen molar-refractivity contribution in [2.45, 2.75) is 51.4 Å². The Kier molecular flexibility index (Phi) is 10.5. The lowest BCUT2D eigenvalue weighted by Crippen LogP contribution is -2.55. The Morgan fingerprint density at radius 1 is 1.30 bits per heavy atom. The van der Waals surface area contributed by atoms with Crippen LogP contribution in [0.25, 0.3) is 0 Å². The molecule has 6 nitrogen and oxygen atoms in total. The number of guanidine groups is 1. The van der Waals surface area contributed by atoms with E-state index >= 15 is 0 Å². The van der Waals surface area contributed by atoms with Crippen LogP contribution in [0.2, 0.25) is 0 Å². The molecule has 2 N–H and O–H groups in total. The molecule has 1 aliphatic rings. The number of aliphatic imine (C=N–C) groups is 1. The first-order valence-electron chi connectivity index (χ1n) is 10.1. The largest absolute Gasteiger partial charge is 0.355 e. The third kappa shape index (κ3) is 8.66. The molecule has 1 aromatic carbocycles. The van der Waals surface area contributed by atoms with Gasteiger partial charge in [-0.15, -0.1) is 24.0 Å². The zero-order chi connectivity index (χ0) is 21.7. The minimum Gasteiger partial charge on any atom is -0.355 e. The molecule has 2 rings (SSSR count). The Balaban J connectivity index is 0.00000450. The maximum Gasteiger partial charge on any atom is 0.191 e. The van der Waals surface area contributed by atoms with Crippen molar-refractivity contribution in [2.75, 3.05) is 32.9 Å². The average Bonchev–Trinajstić information content (AvgIpc) is 2.63. The Bertz CT molecular complexity index is 830. The predicted molar refractivity (Wildman–Crippen MR) is 133 cm³/mol. The second-order valence-corrected chi connectivity index (χ2v) is 10.9. The van der Waals surface area contributed by atoms with Crippen LogP contribution >= 0.6 is 24.0 Å². The fourth-order valence-corrected chi connectivity index (χ4v) is 4.58. The first kappa shape index (κ1) is 27.1. The summed E-state index contributed by atoms with van der Waals surface area (Å²) in [5.74, 6) is 0.818. The van der Waals surface area contributed by atoms with Gasteiger partial charge in [0.25, 0.3) is 0 Å². The standard InChI is InChI=1S/C21H35FN4O2S.HI/c1-16-7-6-10-26(13-16)21(2,3)15-25-20(23-4)24-12-18-11-19(22)9-8-17(18)14-29(5,27)28;/h8-9,11,16H,6-7,10,12-15H2,1-5H3,(H2,23,24,25);1H. The van der Waals surface area contributed by atoms with E-state index in [4.69, 9.17) is 0 Å². The lowest BCUT2D eigenvalue weighted by atomic mass is 9.93. The van der Waals surface area contributed by atoms with Crippen molar-refractivity contribution < 1.29 is 12.8 Å². The molecule has 172 valence electrons. The second kappa shape index (κ2) is 11.6. The van der Waals surface area contributed by atoms with E-state index in [9.17, 15) is 12.8 Å². The van der Waals surface area contributed by atoms with E-state index in [2.05, 4.69) is 41.3 Å². The number of hydrogen-bond acceptors (Lipinski definition) is 4. The van der Waals surface area contributed by atoms with Crippen molar-refractivity contribution in [1.29, 1.82) is 0 Å². The zero-order valence-corrected chi connectivity index (χ0v) is 21.8. The van der Waals surface area contributed by atoms with Gasteiger partial charge in [0, 0.05) is 38.5 Å². The van der Waals surface area contributed by atoms with Crippen LogP contribution in [-0.4, -0.2) is 57.8 Å². The summed E-state index contributed by atoms with van der Waals surface area (Å²) < 4.78 is 37.0. The van der Waals surface area contributed by atoms with Gasteiger partial charge in [-0.25, -0.2) is 12.8 Å². The molecule has 0 saturated carbocycles. The Morgan fingerprint density at radius 2 is 2.00 bits per heavy atom. The molecule has 30 heavy (non-hydrogen) atoms. The van der Waals surface area contributed by atoms with Gasteiger partial charge in [0.1, 0.15) is 5.82 Å². The fourth-order valence-electron chi connectivity index (χ4n) is 3.73. The zero-order valence-electron chi connectivity index (χ0n) is 18.7. The maximum atomic E-state index is 13.7. The monoisotopic (exact) mass is 554 g/mol. The van der Waals surface area contributed by atoms with Gasteiger partial charge in [-0.2, -0.15) is 0 Å². The molecule has 0 aromatic heterocycles. The lowest BCUT2D eigenvalue weighted by molar-refractivity contribution is 0.0739. The molecule has 1 fully saturated rings. The molecular formula is C21H36FIN4O2S. The first-order chi connectivity index (χ1) is 13.5. The summed E-state index contributed by atoms with van der Waals surface area (Å²) in [7, 11) is -1.52. The smallest absolute Gasteiger partial charge is 0.191 e. The normalized spacial score (nSPS) is 18.6. The fraction of sp³-hybridized carbons (Fsp3) is 0.667. The van der Waals surface area contributed by atoms with Gasteiger partial charge in [-0.1, -0.05) is 13.0 Å². The minimum absolute atomic E-state index is 0. The van der Waals surface area contributed by atoms with Crippen LogP contribution in [0.1, 0.15) is 44.7 Å². The summed E-state index contributed by atoms with van der Waals surface area (Å²) >= 11 is 0. The summed E-state index contributed by atoms with van der Waals surface area (Å²) in [6, 6.07) is 4.20. The number of halogens is 2. The van der Waals surface area contributed by atoms with Crippen LogP contribution in [0.4, 0.5) is 4.39 Å². The molecule has 0 spiro atoms. The average molecular weight is 555 g/mol. The van der Waals surface area contributed by atoms with E-state index in [1.165, 1.54) is 37.3 Å². The number of nitrogens with zero attached hydrogens (tertiary/aromatic N) is 2. The third-order valence-electron chi connectivity index (χ3n) is 5.46. The highest BCUT2D eigenvalue weighted by Gasteiger charge is 2.30. The SMILES string of the molecule is CN=C(NCc1cc(F)ccc1CS(C)(=O)=O)NCC(C)(C)N1CCCC(C)C1.I. The molecule has 0 aliphatic carbocycles. The number of piperidine rings is 1. The minimum atomic E-state index is -3.20. The molecule has 1 unspecified atom stereocenters. The molecule has 0 amide bonds. The van der Waals surface area contributed by atoms with Crippen molar-refractivity contribution in [3.63, 3.8) is 0 Å².